The zero-order chi connectivity index (χ0) is 13.2. The summed E-state index contributed by atoms with van der Waals surface area (Å²) in [5.74, 6) is 0.144. The van der Waals surface area contributed by atoms with Gasteiger partial charge in [-0.05, 0) is 37.9 Å². The molecule has 5 heteroatoms. The molecule has 0 atom stereocenters. The summed E-state index contributed by atoms with van der Waals surface area (Å²) in [5, 5.41) is 2.93. The van der Waals surface area contributed by atoms with Crippen LogP contribution in [0.4, 0.5) is 0 Å². The third-order valence-corrected chi connectivity index (χ3v) is 3.97. The van der Waals surface area contributed by atoms with Crippen molar-refractivity contribution in [1.82, 2.24) is 5.32 Å². The van der Waals surface area contributed by atoms with Gasteiger partial charge in [-0.1, -0.05) is 24.4 Å². The molecular weight excluding hydrogens is 268 g/mol. The molecule has 1 amide bonds. The normalized spacial score (nSPS) is 10.6. The van der Waals surface area contributed by atoms with Gasteiger partial charge in [-0.25, -0.2) is 0 Å². The van der Waals surface area contributed by atoms with Crippen molar-refractivity contribution in [3.63, 3.8) is 0 Å². The lowest BCUT2D eigenvalue weighted by Gasteiger charge is -2.04. The van der Waals surface area contributed by atoms with Crippen LogP contribution in [-0.4, -0.2) is 19.0 Å². The molecular formula is C13H21ClN2OS. The van der Waals surface area contributed by atoms with E-state index in [0.717, 1.165) is 43.0 Å². The second-order valence-corrected chi connectivity index (χ2v) is 6.06. The van der Waals surface area contributed by atoms with Crippen molar-refractivity contribution in [2.75, 3.05) is 13.1 Å². The molecule has 1 aromatic rings. The van der Waals surface area contributed by atoms with Gasteiger partial charge in [0.2, 0.25) is 5.91 Å². The van der Waals surface area contributed by atoms with Crippen LogP contribution in [0.2, 0.25) is 4.34 Å². The van der Waals surface area contributed by atoms with E-state index in [1.807, 2.05) is 12.1 Å². The average molecular weight is 289 g/mol. The molecule has 1 heterocycles. The molecule has 0 unspecified atom stereocenters. The number of hydrogen-bond donors (Lipinski definition) is 2. The molecule has 0 saturated heterocycles. The van der Waals surface area contributed by atoms with Crippen molar-refractivity contribution in [3.8, 4) is 0 Å². The van der Waals surface area contributed by atoms with E-state index in [0.29, 0.717) is 13.0 Å². The second kappa shape index (κ2) is 9.36. The first-order chi connectivity index (χ1) is 8.72. The number of thiophene rings is 1. The highest BCUT2D eigenvalue weighted by Crippen LogP contribution is 2.21. The van der Waals surface area contributed by atoms with Crippen molar-refractivity contribution < 1.29 is 4.79 Å². The van der Waals surface area contributed by atoms with E-state index < -0.39 is 0 Å². The number of nitrogens with one attached hydrogen (secondary N) is 1. The highest BCUT2D eigenvalue weighted by Gasteiger charge is 2.02. The summed E-state index contributed by atoms with van der Waals surface area (Å²) in [5.41, 5.74) is 5.41. The van der Waals surface area contributed by atoms with Gasteiger partial charge in [0.15, 0.2) is 0 Å². The monoisotopic (exact) mass is 288 g/mol. The average Bonchev–Trinajstić information content (AvgIpc) is 2.75. The molecule has 3 nitrogen and oxygen atoms in total. The Kier molecular flexibility index (Phi) is 8.05. The fraction of sp³-hybridized carbons (Fsp3) is 0.615. The fourth-order valence-electron chi connectivity index (χ4n) is 1.68. The van der Waals surface area contributed by atoms with E-state index in [-0.39, 0.29) is 5.91 Å². The Balaban J connectivity index is 2.00. The summed E-state index contributed by atoms with van der Waals surface area (Å²) in [7, 11) is 0. The highest BCUT2D eigenvalue weighted by atomic mass is 35.5. The molecule has 0 saturated carbocycles. The van der Waals surface area contributed by atoms with Crippen LogP contribution in [0.3, 0.4) is 0 Å². The van der Waals surface area contributed by atoms with Gasteiger partial charge in [0.05, 0.1) is 4.34 Å². The minimum absolute atomic E-state index is 0.144. The maximum atomic E-state index is 11.5. The Hall–Kier alpha value is -0.580. The number of nitrogens with two attached hydrogens (primary N) is 1. The Morgan fingerprint density at radius 1 is 1.28 bits per heavy atom. The number of amides is 1. The second-order valence-electron chi connectivity index (χ2n) is 4.26. The first-order valence-corrected chi connectivity index (χ1v) is 7.63. The molecule has 1 aromatic heterocycles. The van der Waals surface area contributed by atoms with E-state index in [1.165, 1.54) is 4.88 Å². The van der Waals surface area contributed by atoms with Gasteiger partial charge in [0.25, 0.3) is 0 Å². The first kappa shape index (κ1) is 15.5. The van der Waals surface area contributed by atoms with Gasteiger partial charge >= 0.3 is 0 Å². The van der Waals surface area contributed by atoms with Crippen LogP contribution < -0.4 is 11.1 Å². The molecule has 0 aromatic carbocycles. The minimum atomic E-state index is 0.144. The van der Waals surface area contributed by atoms with Gasteiger partial charge < -0.3 is 11.1 Å². The van der Waals surface area contributed by atoms with Crippen LogP contribution in [0.1, 0.15) is 37.0 Å². The summed E-state index contributed by atoms with van der Waals surface area (Å²) in [6.45, 7) is 1.44. The molecule has 18 heavy (non-hydrogen) atoms. The van der Waals surface area contributed by atoms with Crippen LogP contribution in [-0.2, 0) is 11.2 Å². The van der Waals surface area contributed by atoms with Crippen molar-refractivity contribution in [2.45, 2.75) is 38.5 Å². The van der Waals surface area contributed by atoms with Crippen LogP contribution >= 0.6 is 22.9 Å². The molecule has 0 bridgehead atoms. The summed E-state index contributed by atoms with van der Waals surface area (Å²) < 4.78 is 0.802. The summed E-state index contributed by atoms with van der Waals surface area (Å²) in [4.78, 5) is 12.7. The number of carbonyl (C=O) groups excluding carboxylic acids is 1. The molecule has 102 valence electrons. The lowest BCUT2D eigenvalue weighted by atomic mass is 10.1. The fourth-order valence-corrected chi connectivity index (χ4v) is 2.77. The number of unbranched alkanes of at least 4 members (excludes halogenated alkanes) is 3. The number of hydrogen-bond acceptors (Lipinski definition) is 3. The largest absolute Gasteiger partial charge is 0.356 e. The maximum Gasteiger partial charge on any atom is 0.220 e. The molecule has 1 rings (SSSR count). The lowest BCUT2D eigenvalue weighted by molar-refractivity contribution is -0.121. The molecule has 0 aliphatic heterocycles. The van der Waals surface area contributed by atoms with Crippen molar-refractivity contribution >= 4 is 28.8 Å². The molecule has 0 aliphatic carbocycles. The smallest absolute Gasteiger partial charge is 0.220 e. The van der Waals surface area contributed by atoms with Gasteiger partial charge in [-0.2, -0.15) is 0 Å². The van der Waals surface area contributed by atoms with E-state index in [9.17, 15) is 4.79 Å². The molecule has 0 fully saturated rings. The predicted octanol–water partition coefficient (Wildman–Crippen LogP) is 2.97. The zero-order valence-corrected chi connectivity index (χ0v) is 12.2. The number of rotatable bonds is 9. The third kappa shape index (κ3) is 6.99. The Bertz CT molecular complexity index is 355. The van der Waals surface area contributed by atoms with Gasteiger partial charge in [-0.3, -0.25) is 4.79 Å². The predicted molar refractivity (Wildman–Crippen MR) is 78.2 cm³/mol. The van der Waals surface area contributed by atoms with Gasteiger partial charge in [0.1, 0.15) is 0 Å². The zero-order valence-electron chi connectivity index (χ0n) is 10.6. The highest BCUT2D eigenvalue weighted by molar-refractivity contribution is 7.16. The van der Waals surface area contributed by atoms with E-state index in [2.05, 4.69) is 5.32 Å². The maximum absolute atomic E-state index is 11.5. The topological polar surface area (TPSA) is 55.1 Å². The van der Waals surface area contributed by atoms with Crippen LogP contribution in [0, 0.1) is 0 Å². The van der Waals surface area contributed by atoms with Gasteiger partial charge in [-0.15, -0.1) is 11.3 Å². The van der Waals surface area contributed by atoms with Crippen molar-refractivity contribution in [3.05, 3.63) is 21.3 Å². The molecule has 0 aliphatic rings. The summed E-state index contributed by atoms with van der Waals surface area (Å²) >= 11 is 7.40. The quantitative estimate of drug-likeness (QED) is 0.687. The first-order valence-electron chi connectivity index (χ1n) is 6.43. The molecule has 3 N–H and O–H groups in total. The number of carbonyl (C=O) groups is 1. The standard InChI is InChI=1S/C13H21ClN2OS/c14-12-7-6-11(18-12)8-10-16-13(17)5-3-1-2-4-9-15/h6-7H,1-5,8-10,15H2,(H,16,17). The van der Waals surface area contributed by atoms with Crippen molar-refractivity contribution in [1.29, 1.82) is 0 Å². The SMILES string of the molecule is NCCCCCCC(=O)NCCc1ccc(Cl)s1. The molecule has 0 radical (unpaired) electrons. The Morgan fingerprint density at radius 2 is 2.06 bits per heavy atom. The van der Waals surface area contributed by atoms with E-state index >= 15 is 0 Å². The van der Waals surface area contributed by atoms with Crippen LogP contribution in [0.15, 0.2) is 12.1 Å². The van der Waals surface area contributed by atoms with Crippen LogP contribution in [0.5, 0.6) is 0 Å². The van der Waals surface area contributed by atoms with Gasteiger partial charge in [0, 0.05) is 17.8 Å². The summed E-state index contributed by atoms with van der Waals surface area (Å²) in [6.07, 6.45) is 5.70. The minimum Gasteiger partial charge on any atom is -0.356 e. The van der Waals surface area contributed by atoms with Crippen molar-refractivity contribution in [2.24, 2.45) is 5.73 Å². The number of halogens is 1. The third-order valence-electron chi connectivity index (χ3n) is 2.68. The van der Waals surface area contributed by atoms with Crippen LogP contribution in [0.25, 0.3) is 0 Å². The van der Waals surface area contributed by atoms with E-state index in [4.69, 9.17) is 17.3 Å². The molecule has 0 spiro atoms. The van der Waals surface area contributed by atoms with E-state index in [1.54, 1.807) is 11.3 Å². The lowest BCUT2D eigenvalue weighted by Crippen LogP contribution is -2.25. The summed E-state index contributed by atoms with van der Waals surface area (Å²) in [6, 6.07) is 3.90. The Labute approximate surface area is 118 Å². The Morgan fingerprint density at radius 3 is 2.72 bits per heavy atom.